The summed E-state index contributed by atoms with van der Waals surface area (Å²) in [6.45, 7) is 2.70. The van der Waals surface area contributed by atoms with Crippen molar-refractivity contribution < 1.29 is 9.53 Å². The summed E-state index contributed by atoms with van der Waals surface area (Å²) in [4.78, 5) is 9.00. The van der Waals surface area contributed by atoms with Crippen molar-refractivity contribution in [2.24, 2.45) is 11.5 Å². The van der Waals surface area contributed by atoms with Gasteiger partial charge in [-0.15, -0.1) is 0 Å². The number of allylic oxidation sites excluding steroid dienone is 1. The van der Waals surface area contributed by atoms with Crippen molar-refractivity contribution >= 4 is 6.03 Å². The van der Waals surface area contributed by atoms with Crippen molar-refractivity contribution in [3.8, 4) is 0 Å². The number of primary amides is 2. The molecule has 10 heavy (non-hydrogen) atoms. The lowest BCUT2D eigenvalue weighted by atomic mass is 10.6. The van der Waals surface area contributed by atoms with Gasteiger partial charge in [0.2, 0.25) is 0 Å². The first-order valence-electron chi connectivity index (χ1n) is 2.80. The number of hydrogen-bond acceptors (Lipinski definition) is 2. The Hall–Kier alpha value is -1.03. The number of carbonyl (C=O) groups is 1. The molecule has 60 valence electrons. The Morgan fingerprint density at radius 3 is 2.10 bits per heavy atom. The van der Waals surface area contributed by atoms with E-state index < -0.39 is 6.03 Å². The predicted octanol–water partition coefficient (Wildman–Crippen LogP) is 0.233. The molecule has 0 fully saturated rings. The largest absolute Gasteiger partial charge is 0.381 e. The molecule has 0 aliphatic rings. The summed E-state index contributed by atoms with van der Waals surface area (Å²) in [6.07, 6.45) is 3.92. The molecule has 0 aliphatic carbocycles. The van der Waals surface area contributed by atoms with Crippen molar-refractivity contribution in [3.63, 3.8) is 0 Å². The van der Waals surface area contributed by atoms with Crippen LogP contribution in [0.15, 0.2) is 12.2 Å². The lowest BCUT2D eigenvalue weighted by Crippen LogP contribution is -2.18. The van der Waals surface area contributed by atoms with E-state index in [1.54, 1.807) is 7.11 Å². The summed E-state index contributed by atoms with van der Waals surface area (Å²) in [6, 6.07) is -0.833. The standard InChI is InChI=1S/C5H10O.CH4N2O/c1-3-4-5-6-2;2-1(3)4/h3-4H,5H2,1-2H3;(H4,2,3,4). The Morgan fingerprint density at radius 2 is 2.00 bits per heavy atom. The van der Waals surface area contributed by atoms with Crippen LogP contribution in [0.1, 0.15) is 6.92 Å². The van der Waals surface area contributed by atoms with Crippen LogP contribution < -0.4 is 11.5 Å². The molecule has 0 unspecified atom stereocenters. The van der Waals surface area contributed by atoms with Gasteiger partial charge in [-0.2, -0.15) is 0 Å². The van der Waals surface area contributed by atoms with Gasteiger partial charge in [-0.3, -0.25) is 0 Å². The molecule has 0 radical (unpaired) electrons. The number of hydrogen-bond donors (Lipinski definition) is 2. The minimum absolute atomic E-state index is 0.733. The molecule has 0 saturated carbocycles. The van der Waals surface area contributed by atoms with Gasteiger partial charge in [-0.25, -0.2) is 4.79 Å². The van der Waals surface area contributed by atoms with Gasteiger partial charge < -0.3 is 16.2 Å². The van der Waals surface area contributed by atoms with Crippen LogP contribution in [0.3, 0.4) is 0 Å². The van der Waals surface area contributed by atoms with Crippen LogP contribution in [0.2, 0.25) is 0 Å². The van der Waals surface area contributed by atoms with E-state index in [4.69, 9.17) is 9.53 Å². The van der Waals surface area contributed by atoms with Crippen molar-refractivity contribution in [3.05, 3.63) is 12.2 Å². The third kappa shape index (κ3) is 64.0. The smallest absolute Gasteiger partial charge is 0.309 e. The third-order valence-corrected chi connectivity index (χ3v) is 0.499. The first-order chi connectivity index (χ1) is 4.65. The number of ether oxygens (including phenoxy) is 1. The average molecular weight is 146 g/mol. The fourth-order valence-electron chi connectivity index (χ4n) is 0.192. The molecule has 4 nitrogen and oxygen atoms in total. The average Bonchev–Trinajstić information content (AvgIpc) is 1.82. The fraction of sp³-hybridized carbons (Fsp3) is 0.500. The molecule has 0 bridgehead atoms. The van der Waals surface area contributed by atoms with E-state index in [1.165, 1.54) is 0 Å². The SMILES string of the molecule is CC=CCOC.NC(N)=O. The highest BCUT2D eigenvalue weighted by atomic mass is 16.5. The molecule has 0 aromatic rings. The van der Waals surface area contributed by atoms with Gasteiger partial charge >= 0.3 is 6.03 Å². The van der Waals surface area contributed by atoms with Gasteiger partial charge in [-0.1, -0.05) is 12.2 Å². The highest BCUT2D eigenvalue weighted by Gasteiger charge is 1.62. The second-order valence-electron chi connectivity index (χ2n) is 1.43. The molecular formula is C6H14N2O2. The zero-order valence-corrected chi connectivity index (χ0v) is 6.33. The predicted molar refractivity (Wildman–Crippen MR) is 40.5 cm³/mol. The van der Waals surface area contributed by atoms with E-state index in [0.717, 1.165) is 6.61 Å². The number of methoxy groups -OCH3 is 1. The Bertz CT molecular complexity index is 97.9. The Labute approximate surface area is 60.8 Å². The molecule has 0 rings (SSSR count). The minimum Gasteiger partial charge on any atom is -0.381 e. The molecule has 0 aliphatic heterocycles. The highest BCUT2D eigenvalue weighted by molar-refractivity contribution is 5.69. The van der Waals surface area contributed by atoms with Crippen LogP contribution in [0.4, 0.5) is 4.79 Å². The number of urea groups is 1. The zero-order valence-electron chi connectivity index (χ0n) is 6.33. The second-order valence-corrected chi connectivity index (χ2v) is 1.43. The van der Waals surface area contributed by atoms with Gasteiger partial charge in [0.25, 0.3) is 0 Å². The van der Waals surface area contributed by atoms with Crippen LogP contribution in [-0.4, -0.2) is 19.7 Å². The quantitative estimate of drug-likeness (QED) is 0.547. The third-order valence-electron chi connectivity index (χ3n) is 0.499. The molecule has 2 amide bonds. The molecule has 0 atom stereocenters. The van der Waals surface area contributed by atoms with Gasteiger partial charge in [0, 0.05) is 7.11 Å². The summed E-state index contributed by atoms with van der Waals surface area (Å²) in [5, 5.41) is 0. The Kier molecular flexibility index (Phi) is 12.7. The summed E-state index contributed by atoms with van der Waals surface area (Å²) in [5.41, 5.74) is 8.50. The summed E-state index contributed by atoms with van der Waals surface area (Å²) in [5.74, 6) is 0. The van der Waals surface area contributed by atoms with Gasteiger partial charge in [0.1, 0.15) is 0 Å². The number of rotatable bonds is 2. The van der Waals surface area contributed by atoms with Crippen molar-refractivity contribution in [1.29, 1.82) is 0 Å². The van der Waals surface area contributed by atoms with Crippen LogP contribution in [0.5, 0.6) is 0 Å². The zero-order chi connectivity index (χ0) is 8.41. The van der Waals surface area contributed by atoms with Crippen LogP contribution in [0.25, 0.3) is 0 Å². The van der Waals surface area contributed by atoms with Crippen LogP contribution in [0, 0.1) is 0 Å². The number of nitrogens with two attached hydrogens (primary N) is 2. The molecule has 0 aromatic heterocycles. The maximum absolute atomic E-state index is 9.00. The monoisotopic (exact) mass is 146 g/mol. The van der Waals surface area contributed by atoms with E-state index in [9.17, 15) is 0 Å². The lowest BCUT2D eigenvalue weighted by Gasteiger charge is -1.81. The molecule has 0 aromatic carbocycles. The molecule has 0 spiro atoms. The Balaban J connectivity index is 0. The summed E-state index contributed by atoms with van der Waals surface area (Å²) in [7, 11) is 1.68. The first-order valence-corrected chi connectivity index (χ1v) is 2.80. The second kappa shape index (κ2) is 10.9. The summed E-state index contributed by atoms with van der Waals surface area (Å²) >= 11 is 0. The molecule has 4 N–H and O–H groups in total. The maximum atomic E-state index is 9.00. The van der Waals surface area contributed by atoms with E-state index in [-0.39, 0.29) is 0 Å². The van der Waals surface area contributed by atoms with Crippen LogP contribution in [-0.2, 0) is 4.74 Å². The van der Waals surface area contributed by atoms with E-state index in [0.29, 0.717) is 0 Å². The highest BCUT2D eigenvalue weighted by Crippen LogP contribution is 1.68. The number of amides is 2. The molecule has 4 heteroatoms. The topological polar surface area (TPSA) is 78.3 Å². The normalized spacial score (nSPS) is 8.60. The van der Waals surface area contributed by atoms with Gasteiger partial charge in [0.05, 0.1) is 6.61 Å². The maximum Gasteiger partial charge on any atom is 0.309 e. The molecule has 0 heterocycles. The number of carbonyl (C=O) groups excluding carboxylic acids is 1. The van der Waals surface area contributed by atoms with E-state index in [2.05, 4.69) is 11.5 Å². The van der Waals surface area contributed by atoms with Crippen molar-refractivity contribution in [2.45, 2.75) is 6.92 Å². The molecule has 0 saturated heterocycles. The fourth-order valence-corrected chi connectivity index (χ4v) is 0.192. The Morgan fingerprint density at radius 1 is 1.60 bits per heavy atom. The van der Waals surface area contributed by atoms with Gasteiger partial charge in [0.15, 0.2) is 0 Å². The lowest BCUT2D eigenvalue weighted by molar-refractivity contribution is 0.234. The minimum atomic E-state index is -0.833. The summed E-state index contributed by atoms with van der Waals surface area (Å²) < 4.78 is 4.70. The molecular weight excluding hydrogens is 132 g/mol. The van der Waals surface area contributed by atoms with Crippen molar-refractivity contribution in [2.75, 3.05) is 13.7 Å². The van der Waals surface area contributed by atoms with Crippen LogP contribution >= 0.6 is 0 Å². The van der Waals surface area contributed by atoms with Crippen molar-refractivity contribution in [1.82, 2.24) is 0 Å². The van der Waals surface area contributed by atoms with Gasteiger partial charge in [-0.05, 0) is 6.92 Å². The van der Waals surface area contributed by atoms with E-state index >= 15 is 0 Å². The first kappa shape index (κ1) is 11.7. The van der Waals surface area contributed by atoms with E-state index in [1.807, 2.05) is 19.1 Å².